The molecular weight excluding hydrogens is 258 g/mol. The summed E-state index contributed by atoms with van der Waals surface area (Å²) >= 11 is 0. The fraction of sp³-hybridized carbons (Fsp3) is 0.368. The minimum Gasteiger partial charge on any atom is -0.471 e. The number of hydrogen-bond donors (Lipinski definition) is 0. The van der Waals surface area contributed by atoms with Gasteiger partial charge in [0.05, 0.1) is 0 Å². The summed E-state index contributed by atoms with van der Waals surface area (Å²) < 4.78 is 6.21. The number of benzene rings is 2. The van der Waals surface area contributed by atoms with E-state index >= 15 is 0 Å². The highest BCUT2D eigenvalue weighted by Gasteiger charge is 2.30. The van der Waals surface area contributed by atoms with Crippen LogP contribution in [0.25, 0.3) is 0 Å². The molecule has 1 aliphatic heterocycles. The minimum atomic E-state index is 0.0323. The van der Waals surface area contributed by atoms with Gasteiger partial charge in [0.2, 0.25) is 0 Å². The van der Waals surface area contributed by atoms with Gasteiger partial charge in [0, 0.05) is 11.7 Å². The molecule has 2 atom stereocenters. The van der Waals surface area contributed by atoms with E-state index in [1.54, 1.807) is 0 Å². The van der Waals surface area contributed by atoms with Crippen LogP contribution in [-0.4, -0.2) is 12.3 Å². The van der Waals surface area contributed by atoms with Gasteiger partial charge in [0.25, 0.3) is 0 Å². The molecule has 0 amide bonds. The normalized spacial score (nSPS) is 18.5. The van der Waals surface area contributed by atoms with Crippen LogP contribution in [0.4, 0.5) is 5.69 Å². The van der Waals surface area contributed by atoms with Crippen molar-refractivity contribution in [2.24, 2.45) is 0 Å². The largest absolute Gasteiger partial charge is 0.471 e. The van der Waals surface area contributed by atoms with Gasteiger partial charge in [-0.25, -0.2) is 0 Å². The lowest BCUT2D eigenvalue weighted by molar-refractivity contribution is 0.207. The molecule has 0 N–H and O–H groups in total. The van der Waals surface area contributed by atoms with Gasteiger partial charge in [-0.2, -0.15) is 0 Å². The Bertz CT molecular complexity index is 630. The second-order valence-electron chi connectivity index (χ2n) is 6.13. The van der Waals surface area contributed by atoms with Gasteiger partial charge in [0.15, 0.2) is 6.23 Å². The Balaban J connectivity index is 1.84. The molecule has 3 rings (SSSR count). The lowest BCUT2D eigenvalue weighted by Crippen LogP contribution is -2.41. The number of rotatable bonds is 3. The molecule has 21 heavy (non-hydrogen) atoms. The Labute approximate surface area is 127 Å². The maximum absolute atomic E-state index is 6.21. The zero-order valence-electron chi connectivity index (χ0n) is 13.3. The van der Waals surface area contributed by atoms with Crippen LogP contribution in [0.3, 0.4) is 0 Å². The topological polar surface area (TPSA) is 12.5 Å². The average Bonchev–Trinajstić information content (AvgIpc) is 2.73. The molecule has 2 aromatic carbocycles. The summed E-state index contributed by atoms with van der Waals surface area (Å²) in [6.45, 7) is 8.62. The molecule has 0 radical (unpaired) electrons. The van der Waals surface area contributed by atoms with Crippen LogP contribution in [-0.2, 0) is 6.42 Å². The lowest BCUT2D eigenvalue weighted by atomic mass is 10.1. The van der Waals surface area contributed by atoms with Gasteiger partial charge < -0.3 is 9.64 Å². The predicted molar refractivity (Wildman–Crippen MR) is 88.1 cm³/mol. The third-order valence-electron chi connectivity index (χ3n) is 4.15. The Morgan fingerprint density at radius 2 is 1.76 bits per heavy atom. The first kappa shape index (κ1) is 14.0. The first-order valence-corrected chi connectivity index (χ1v) is 7.66. The van der Waals surface area contributed by atoms with Crippen molar-refractivity contribution < 1.29 is 4.74 Å². The summed E-state index contributed by atoms with van der Waals surface area (Å²) in [6.07, 6.45) is 1.13. The van der Waals surface area contributed by atoms with E-state index in [1.807, 2.05) is 0 Å². The van der Waals surface area contributed by atoms with Gasteiger partial charge in [0.1, 0.15) is 5.75 Å². The molecule has 0 spiro atoms. The number of fused-ring (bicyclic) bond motifs is 1. The summed E-state index contributed by atoms with van der Waals surface area (Å²) in [5, 5.41) is 0. The summed E-state index contributed by atoms with van der Waals surface area (Å²) in [5.74, 6) is 0.955. The Morgan fingerprint density at radius 1 is 1.10 bits per heavy atom. The molecule has 0 fully saturated rings. The number of ether oxygens (including phenoxy) is 1. The molecule has 1 aliphatic rings. The Hall–Kier alpha value is -1.96. The number of hydrogen-bond acceptors (Lipinski definition) is 2. The molecule has 110 valence electrons. The van der Waals surface area contributed by atoms with Crippen LogP contribution in [0.5, 0.6) is 5.75 Å². The van der Waals surface area contributed by atoms with Gasteiger partial charge in [-0.1, -0.05) is 24.3 Å². The van der Waals surface area contributed by atoms with Gasteiger partial charge in [-0.3, -0.25) is 0 Å². The van der Waals surface area contributed by atoms with Crippen LogP contribution >= 0.6 is 0 Å². The second kappa shape index (κ2) is 5.44. The highest BCUT2D eigenvalue weighted by molar-refractivity contribution is 5.59. The molecule has 0 aromatic heterocycles. The van der Waals surface area contributed by atoms with Crippen molar-refractivity contribution in [2.45, 2.75) is 46.4 Å². The lowest BCUT2D eigenvalue weighted by Gasteiger charge is -2.32. The highest BCUT2D eigenvalue weighted by Crippen LogP contribution is 2.34. The number of aryl methyl sites for hydroxylation is 2. The fourth-order valence-electron chi connectivity index (χ4n) is 3.40. The maximum atomic E-state index is 6.21. The van der Waals surface area contributed by atoms with E-state index in [0.29, 0.717) is 6.04 Å². The van der Waals surface area contributed by atoms with Crippen molar-refractivity contribution in [3.05, 3.63) is 59.2 Å². The molecular formula is C19H23NO. The number of nitrogens with zero attached hydrogens (tertiary/aromatic N) is 1. The molecule has 0 saturated carbocycles. The van der Waals surface area contributed by atoms with Crippen LogP contribution in [0.15, 0.2) is 42.5 Å². The standard InChI is InChI=1S/C19H23NO/c1-13-9-14(2)11-18(10-13)21-16(4)20-15(3)12-17-7-5-6-8-19(17)20/h5-11,15-16H,12H2,1-4H3. The van der Waals surface area contributed by atoms with Crippen LogP contribution in [0, 0.1) is 13.8 Å². The molecule has 0 aliphatic carbocycles. The van der Waals surface area contributed by atoms with E-state index in [0.717, 1.165) is 12.2 Å². The van der Waals surface area contributed by atoms with E-state index in [1.165, 1.54) is 22.4 Å². The quantitative estimate of drug-likeness (QED) is 0.822. The summed E-state index contributed by atoms with van der Waals surface area (Å²) in [4.78, 5) is 2.38. The summed E-state index contributed by atoms with van der Waals surface area (Å²) in [7, 11) is 0. The molecule has 2 unspecified atom stereocenters. The first-order valence-electron chi connectivity index (χ1n) is 7.66. The van der Waals surface area contributed by atoms with Crippen molar-refractivity contribution >= 4 is 5.69 Å². The van der Waals surface area contributed by atoms with E-state index in [9.17, 15) is 0 Å². The molecule has 1 heterocycles. The van der Waals surface area contributed by atoms with Gasteiger partial charge >= 0.3 is 0 Å². The summed E-state index contributed by atoms with van der Waals surface area (Å²) in [6, 6.07) is 15.5. The zero-order chi connectivity index (χ0) is 15.0. The van der Waals surface area contributed by atoms with Crippen molar-refractivity contribution in [2.75, 3.05) is 4.90 Å². The van der Waals surface area contributed by atoms with Crippen molar-refractivity contribution in [1.82, 2.24) is 0 Å². The molecule has 2 aromatic rings. The first-order chi connectivity index (χ1) is 10.0. The fourth-order valence-corrected chi connectivity index (χ4v) is 3.40. The van der Waals surface area contributed by atoms with E-state index in [2.05, 4.69) is 75.1 Å². The zero-order valence-corrected chi connectivity index (χ0v) is 13.3. The van der Waals surface area contributed by atoms with Crippen LogP contribution in [0.1, 0.15) is 30.5 Å². The van der Waals surface area contributed by atoms with E-state index in [4.69, 9.17) is 4.74 Å². The number of anilines is 1. The van der Waals surface area contributed by atoms with E-state index < -0.39 is 0 Å². The monoisotopic (exact) mass is 281 g/mol. The highest BCUT2D eigenvalue weighted by atomic mass is 16.5. The van der Waals surface area contributed by atoms with Crippen LogP contribution < -0.4 is 9.64 Å². The maximum Gasteiger partial charge on any atom is 0.169 e. The smallest absolute Gasteiger partial charge is 0.169 e. The Morgan fingerprint density at radius 3 is 2.48 bits per heavy atom. The Kier molecular flexibility index (Phi) is 3.62. The molecule has 2 nitrogen and oxygen atoms in total. The van der Waals surface area contributed by atoms with Crippen molar-refractivity contribution in [3.8, 4) is 5.75 Å². The van der Waals surface area contributed by atoms with Crippen LogP contribution in [0.2, 0.25) is 0 Å². The molecule has 0 bridgehead atoms. The second-order valence-corrected chi connectivity index (χ2v) is 6.13. The van der Waals surface area contributed by atoms with Gasteiger partial charge in [-0.15, -0.1) is 0 Å². The molecule has 0 saturated heterocycles. The third kappa shape index (κ3) is 2.76. The number of para-hydroxylation sites is 1. The van der Waals surface area contributed by atoms with Crippen molar-refractivity contribution in [3.63, 3.8) is 0 Å². The average molecular weight is 281 g/mol. The predicted octanol–water partition coefficient (Wildman–Crippen LogP) is 4.48. The SMILES string of the molecule is Cc1cc(C)cc(OC(C)N2c3ccccc3CC2C)c1. The third-order valence-corrected chi connectivity index (χ3v) is 4.15. The van der Waals surface area contributed by atoms with Gasteiger partial charge in [-0.05, 0) is 69.0 Å². The minimum absolute atomic E-state index is 0.0323. The van der Waals surface area contributed by atoms with E-state index in [-0.39, 0.29) is 6.23 Å². The molecule has 2 heteroatoms. The summed E-state index contributed by atoms with van der Waals surface area (Å²) in [5.41, 5.74) is 5.21. The van der Waals surface area contributed by atoms with Crippen molar-refractivity contribution in [1.29, 1.82) is 0 Å².